The van der Waals surface area contributed by atoms with Crippen molar-refractivity contribution in [1.82, 2.24) is 4.90 Å². The molecule has 0 aliphatic carbocycles. The van der Waals surface area contributed by atoms with Crippen molar-refractivity contribution in [3.05, 3.63) is 28.8 Å². The van der Waals surface area contributed by atoms with E-state index in [-0.39, 0.29) is 16.4 Å². The van der Waals surface area contributed by atoms with E-state index in [0.29, 0.717) is 18.0 Å². The highest BCUT2D eigenvalue weighted by atomic mass is 35.5. The molecule has 18 heavy (non-hydrogen) atoms. The van der Waals surface area contributed by atoms with Gasteiger partial charge >= 0.3 is 7.12 Å². The smallest absolute Gasteiger partial charge is 0.423 e. The van der Waals surface area contributed by atoms with Crippen LogP contribution in [0, 0.1) is 5.92 Å². The van der Waals surface area contributed by atoms with Gasteiger partial charge in [0.05, 0.1) is 0 Å². The number of nitrogens with zero attached hydrogens (tertiary/aromatic N) is 1. The highest BCUT2D eigenvalue weighted by Gasteiger charge is 2.19. The van der Waals surface area contributed by atoms with E-state index in [1.165, 1.54) is 12.1 Å². The summed E-state index contributed by atoms with van der Waals surface area (Å²) in [5.41, 5.74) is 0.533. The van der Waals surface area contributed by atoms with Crippen molar-refractivity contribution in [2.45, 2.75) is 13.8 Å². The summed E-state index contributed by atoms with van der Waals surface area (Å²) in [7, 11) is 0.0343. The van der Waals surface area contributed by atoms with Crippen LogP contribution in [0.3, 0.4) is 0 Å². The minimum atomic E-state index is -1.68. The predicted octanol–water partition coefficient (Wildman–Crippen LogP) is 0.748. The molecule has 0 aromatic heterocycles. The van der Waals surface area contributed by atoms with Crippen LogP contribution in [0.4, 0.5) is 0 Å². The van der Waals surface area contributed by atoms with Crippen LogP contribution in [0.2, 0.25) is 5.02 Å². The summed E-state index contributed by atoms with van der Waals surface area (Å²) in [4.78, 5) is 13.7. The van der Waals surface area contributed by atoms with Gasteiger partial charge in [0.1, 0.15) is 0 Å². The Morgan fingerprint density at radius 3 is 2.56 bits per heavy atom. The number of carbonyl (C=O) groups excluding carboxylic acids is 1. The van der Waals surface area contributed by atoms with E-state index in [0.717, 1.165) is 0 Å². The normalized spacial score (nSPS) is 10.6. The maximum absolute atomic E-state index is 12.1. The third-order valence-electron chi connectivity index (χ3n) is 2.51. The zero-order chi connectivity index (χ0) is 13.9. The zero-order valence-corrected chi connectivity index (χ0v) is 11.5. The molecule has 0 spiro atoms. The third kappa shape index (κ3) is 3.73. The minimum Gasteiger partial charge on any atom is -0.423 e. The number of amides is 1. The summed E-state index contributed by atoms with van der Waals surface area (Å²) in [6.45, 7) is 4.68. The minimum absolute atomic E-state index is 0.139. The average Bonchev–Trinajstić information content (AvgIpc) is 2.27. The average molecular weight is 270 g/mol. The standard InChI is InChI=1S/C12H17BClNO3/c1-8(2)7-15(3)12(16)9-4-5-11(14)10(6-9)13(17)18/h4-6,8,17-18H,7H2,1-3H3. The van der Waals surface area contributed by atoms with Crippen LogP contribution in [-0.4, -0.2) is 41.6 Å². The van der Waals surface area contributed by atoms with E-state index >= 15 is 0 Å². The van der Waals surface area contributed by atoms with Crippen molar-refractivity contribution in [3.63, 3.8) is 0 Å². The van der Waals surface area contributed by atoms with E-state index in [9.17, 15) is 4.79 Å². The molecular weight excluding hydrogens is 252 g/mol. The molecule has 0 radical (unpaired) electrons. The van der Waals surface area contributed by atoms with Gasteiger partial charge in [-0.3, -0.25) is 4.79 Å². The van der Waals surface area contributed by atoms with Gasteiger partial charge in [-0.15, -0.1) is 0 Å². The molecular formula is C12H17BClNO3. The number of carbonyl (C=O) groups is 1. The molecule has 4 nitrogen and oxygen atoms in total. The van der Waals surface area contributed by atoms with Gasteiger partial charge in [-0.25, -0.2) is 0 Å². The first-order valence-electron chi connectivity index (χ1n) is 5.74. The molecule has 0 aliphatic heterocycles. The lowest BCUT2D eigenvalue weighted by Gasteiger charge is -2.19. The molecule has 1 aromatic carbocycles. The topological polar surface area (TPSA) is 60.8 Å². The zero-order valence-electron chi connectivity index (χ0n) is 10.7. The van der Waals surface area contributed by atoms with E-state index in [4.69, 9.17) is 21.6 Å². The van der Waals surface area contributed by atoms with Crippen LogP contribution in [0.25, 0.3) is 0 Å². The van der Waals surface area contributed by atoms with Crippen LogP contribution >= 0.6 is 11.6 Å². The van der Waals surface area contributed by atoms with Crippen molar-refractivity contribution in [2.75, 3.05) is 13.6 Å². The molecule has 0 saturated carbocycles. The summed E-state index contributed by atoms with van der Waals surface area (Å²) >= 11 is 5.81. The fraction of sp³-hybridized carbons (Fsp3) is 0.417. The lowest BCUT2D eigenvalue weighted by molar-refractivity contribution is 0.0779. The predicted molar refractivity (Wildman–Crippen MR) is 73.1 cm³/mol. The van der Waals surface area contributed by atoms with Gasteiger partial charge in [0.15, 0.2) is 0 Å². The first-order chi connectivity index (χ1) is 8.32. The van der Waals surface area contributed by atoms with Crippen molar-refractivity contribution in [1.29, 1.82) is 0 Å². The Hall–Kier alpha value is -1.04. The second-order valence-corrected chi connectivity index (χ2v) is 5.10. The third-order valence-corrected chi connectivity index (χ3v) is 2.85. The maximum atomic E-state index is 12.1. The van der Waals surface area contributed by atoms with Gasteiger partial charge < -0.3 is 14.9 Å². The largest absolute Gasteiger partial charge is 0.489 e. The Bertz CT molecular complexity index is 437. The molecule has 1 aromatic rings. The van der Waals surface area contributed by atoms with Crippen LogP contribution in [-0.2, 0) is 0 Å². The maximum Gasteiger partial charge on any atom is 0.489 e. The lowest BCUT2D eigenvalue weighted by atomic mass is 9.79. The second kappa shape index (κ2) is 6.23. The molecule has 0 aliphatic rings. The fourth-order valence-corrected chi connectivity index (χ4v) is 1.94. The van der Waals surface area contributed by atoms with E-state index < -0.39 is 7.12 Å². The van der Waals surface area contributed by atoms with Gasteiger partial charge in [0.2, 0.25) is 0 Å². The molecule has 2 N–H and O–H groups in total. The number of hydrogen-bond donors (Lipinski definition) is 2. The lowest BCUT2D eigenvalue weighted by Crippen LogP contribution is -2.34. The number of hydrogen-bond acceptors (Lipinski definition) is 3. The van der Waals surface area contributed by atoms with Gasteiger partial charge in [-0.05, 0) is 24.1 Å². The highest BCUT2D eigenvalue weighted by molar-refractivity contribution is 6.62. The van der Waals surface area contributed by atoms with Crippen LogP contribution in [0.1, 0.15) is 24.2 Å². The Morgan fingerprint density at radius 2 is 2.06 bits per heavy atom. The summed E-state index contributed by atoms with van der Waals surface area (Å²) in [5.74, 6) is 0.205. The molecule has 98 valence electrons. The molecule has 6 heteroatoms. The first kappa shape index (κ1) is 15.0. The summed E-state index contributed by atoms with van der Waals surface area (Å²) in [6, 6.07) is 4.48. The second-order valence-electron chi connectivity index (χ2n) is 4.69. The molecule has 0 atom stereocenters. The number of rotatable bonds is 4. The van der Waals surface area contributed by atoms with Gasteiger partial charge in [0, 0.05) is 29.6 Å². The van der Waals surface area contributed by atoms with Gasteiger partial charge in [0.25, 0.3) is 5.91 Å². The Balaban J connectivity index is 2.96. The van der Waals surface area contributed by atoms with Crippen molar-refractivity contribution in [2.24, 2.45) is 5.92 Å². The molecule has 0 saturated heterocycles. The van der Waals surface area contributed by atoms with Crippen molar-refractivity contribution in [3.8, 4) is 0 Å². The molecule has 0 unspecified atom stereocenters. The van der Waals surface area contributed by atoms with E-state index in [2.05, 4.69) is 0 Å². The summed E-state index contributed by atoms with van der Waals surface area (Å²) in [6.07, 6.45) is 0. The Kier molecular flexibility index (Phi) is 5.20. The SMILES string of the molecule is CC(C)CN(C)C(=O)c1ccc(Cl)c(B(O)O)c1. The van der Waals surface area contributed by atoms with Crippen LogP contribution < -0.4 is 5.46 Å². The number of halogens is 1. The molecule has 1 amide bonds. The highest BCUT2D eigenvalue weighted by Crippen LogP contribution is 2.11. The number of benzene rings is 1. The van der Waals surface area contributed by atoms with Crippen molar-refractivity contribution < 1.29 is 14.8 Å². The quantitative estimate of drug-likeness (QED) is 0.793. The Morgan fingerprint density at radius 1 is 1.44 bits per heavy atom. The first-order valence-corrected chi connectivity index (χ1v) is 6.11. The molecule has 1 rings (SSSR count). The Labute approximate surface area is 112 Å². The van der Waals surface area contributed by atoms with Crippen LogP contribution in [0.15, 0.2) is 18.2 Å². The fourth-order valence-electron chi connectivity index (χ4n) is 1.73. The van der Waals surface area contributed by atoms with Crippen molar-refractivity contribution >= 4 is 30.1 Å². The molecule has 0 heterocycles. The summed E-state index contributed by atoms with van der Waals surface area (Å²) in [5, 5.41) is 18.5. The summed E-state index contributed by atoms with van der Waals surface area (Å²) < 4.78 is 0. The van der Waals surface area contributed by atoms with Gasteiger partial charge in [-0.1, -0.05) is 25.4 Å². The van der Waals surface area contributed by atoms with Crippen LogP contribution in [0.5, 0.6) is 0 Å². The molecule has 0 fully saturated rings. The van der Waals surface area contributed by atoms with E-state index in [1.54, 1.807) is 18.0 Å². The van der Waals surface area contributed by atoms with Gasteiger partial charge in [-0.2, -0.15) is 0 Å². The molecule has 0 bridgehead atoms. The monoisotopic (exact) mass is 269 g/mol. The van der Waals surface area contributed by atoms with E-state index in [1.807, 2.05) is 13.8 Å².